The number of aliphatic imine (C=N–C) groups is 1. The largest absolute Gasteiger partial charge is 0.402 e. The fraction of sp³-hybridized carbons (Fsp3) is 0. The van der Waals surface area contributed by atoms with E-state index in [1.54, 1.807) is 18.2 Å². The summed E-state index contributed by atoms with van der Waals surface area (Å²) in [6, 6.07) is 19.8. The first-order chi connectivity index (χ1) is 11.7. The van der Waals surface area contributed by atoms with Gasteiger partial charge in [0.1, 0.15) is 5.82 Å². The van der Waals surface area contributed by atoms with Crippen LogP contribution in [-0.2, 0) is 9.53 Å². The van der Waals surface area contributed by atoms with E-state index >= 15 is 0 Å². The molecule has 0 fully saturated rings. The van der Waals surface area contributed by atoms with Crippen LogP contribution in [0.4, 0.5) is 4.39 Å². The van der Waals surface area contributed by atoms with Gasteiger partial charge in [-0.05, 0) is 35.0 Å². The molecule has 0 atom stereocenters. The minimum Gasteiger partial charge on any atom is -0.402 e. The topological polar surface area (TPSA) is 38.7 Å². The lowest BCUT2D eigenvalue weighted by Crippen LogP contribution is -2.05. The molecule has 1 aliphatic heterocycles. The Labute approximate surface area is 137 Å². The Balaban J connectivity index is 1.74. The maximum Gasteiger partial charge on any atom is 0.363 e. The van der Waals surface area contributed by atoms with Crippen molar-refractivity contribution < 1.29 is 13.9 Å². The van der Waals surface area contributed by atoms with E-state index in [1.165, 1.54) is 12.1 Å². The van der Waals surface area contributed by atoms with Gasteiger partial charge in [0, 0.05) is 11.1 Å². The third-order valence-electron chi connectivity index (χ3n) is 3.81. The van der Waals surface area contributed by atoms with E-state index in [9.17, 15) is 9.18 Å². The molecule has 0 spiro atoms. The van der Waals surface area contributed by atoms with Gasteiger partial charge in [0.25, 0.3) is 0 Å². The quantitative estimate of drug-likeness (QED) is 0.521. The van der Waals surface area contributed by atoms with Crippen molar-refractivity contribution in [1.82, 2.24) is 0 Å². The summed E-state index contributed by atoms with van der Waals surface area (Å²) in [5, 5.41) is 2.12. The summed E-state index contributed by atoms with van der Waals surface area (Å²) in [5.74, 6) is -0.762. The van der Waals surface area contributed by atoms with Crippen LogP contribution in [0.15, 0.2) is 77.4 Å². The van der Waals surface area contributed by atoms with E-state index in [0.717, 1.165) is 10.8 Å². The van der Waals surface area contributed by atoms with Crippen molar-refractivity contribution in [3.63, 3.8) is 0 Å². The SMILES string of the molecule is O=C1OC(c2ccc3ccccc3c2)=NC1=Cc1ccccc1F. The van der Waals surface area contributed by atoms with Crippen molar-refractivity contribution in [1.29, 1.82) is 0 Å². The summed E-state index contributed by atoms with van der Waals surface area (Å²) in [6.45, 7) is 0. The van der Waals surface area contributed by atoms with Gasteiger partial charge in [-0.1, -0.05) is 48.5 Å². The van der Waals surface area contributed by atoms with Crippen molar-refractivity contribution in [2.24, 2.45) is 4.99 Å². The monoisotopic (exact) mass is 317 g/mol. The molecule has 0 N–H and O–H groups in total. The maximum atomic E-state index is 13.7. The molecule has 4 rings (SSSR count). The Morgan fingerprint density at radius 2 is 1.67 bits per heavy atom. The first-order valence-electron chi connectivity index (χ1n) is 7.47. The Kier molecular flexibility index (Phi) is 3.43. The van der Waals surface area contributed by atoms with Gasteiger partial charge in [0.15, 0.2) is 5.70 Å². The molecular weight excluding hydrogens is 305 g/mol. The number of cyclic esters (lactones) is 1. The van der Waals surface area contributed by atoms with E-state index in [-0.39, 0.29) is 11.6 Å². The molecule has 0 bridgehead atoms. The van der Waals surface area contributed by atoms with Gasteiger partial charge >= 0.3 is 5.97 Å². The van der Waals surface area contributed by atoms with Crippen molar-refractivity contribution in [3.8, 4) is 0 Å². The minimum absolute atomic E-state index is 0.0864. The smallest absolute Gasteiger partial charge is 0.363 e. The van der Waals surface area contributed by atoms with Gasteiger partial charge in [-0.15, -0.1) is 0 Å². The van der Waals surface area contributed by atoms with Crippen molar-refractivity contribution >= 4 is 28.7 Å². The third kappa shape index (κ3) is 2.58. The van der Waals surface area contributed by atoms with Crippen LogP contribution < -0.4 is 0 Å². The lowest BCUT2D eigenvalue weighted by molar-refractivity contribution is -0.129. The number of fused-ring (bicyclic) bond motifs is 1. The third-order valence-corrected chi connectivity index (χ3v) is 3.81. The van der Waals surface area contributed by atoms with Crippen LogP contribution in [0.3, 0.4) is 0 Å². The fourth-order valence-electron chi connectivity index (χ4n) is 2.59. The van der Waals surface area contributed by atoms with Gasteiger partial charge < -0.3 is 4.74 Å². The summed E-state index contributed by atoms with van der Waals surface area (Å²) in [6.07, 6.45) is 1.39. The summed E-state index contributed by atoms with van der Waals surface area (Å²) in [7, 11) is 0. The number of esters is 1. The number of nitrogens with zero attached hydrogens (tertiary/aromatic N) is 1. The number of benzene rings is 3. The lowest BCUT2D eigenvalue weighted by Gasteiger charge is -2.02. The zero-order valence-electron chi connectivity index (χ0n) is 12.6. The Morgan fingerprint density at radius 1 is 0.917 bits per heavy atom. The average Bonchev–Trinajstić information content (AvgIpc) is 2.97. The summed E-state index contributed by atoms with van der Waals surface area (Å²) in [5.41, 5.74) is 1.09. The van der Waals surface area contributed by atoms with Crippen LogP contribution in [0.2, 0.25) is 0 Å². The Morgan fingerprint density at radius 3 is 2.50 bits per heavy atom. The van der Waals surface area contributed by atoms with Gasteiger partial charge in [-0.25, -0.2) is 14.2 Å². The first kappa shape index (κ1) is 14.3. The van der Waals surface area contributed by atoms with Gasteiger partial charge in [-0.3, -0.25) is 0 Å². The molecule has 3 aromatic rings. The molecule has 0 aliphatic carbocycles. The van der Waals surface area contributed by atoms with E-state index in [1.807, 2.05) is 42.5 Å². The minimum atomic E-state index is -0.582. The highest BCUT2D eigenvalue weighted by Gasteiger charge is 2.24. The number of halogens is 1. The fourth-order valence-corrected chi connectivity index (χ4v) is 2.59. The molecule has 24 heavy (non-hydrogen) atoms. The second kappa shape index (κ2) is 5.74. The summed E-state index contributed by atoms with van der Waals surface area (Å²) >= 11 is 0. The molecule has 4 heteroatoms. The number of carbonyl (C=O) groups is 1. The van der Waals surface area contributed by atoms with Crippen molar-refractivity contribution in [2.45, 2.75) is 0 Å². The van der Waals surface area contributed by atoms with E-state index in [4.69, 9.17) is 4.74 Å². The van der Waals surface area contributed by atoms with Crippen LogP contribution in [-0.4, -0.2) is 11.9 Å². The van der Waals surface area contributed by atoms with E-state index in [2.05, 4.69) is 4.99 Å². The molecule has 3 nitrogen and oxygen atoms in total. The number of carbonyl (C=O) groups excluding carboxylic acids is 1. The van der Waals surface area contributed by atoms with E-state index < -0.39 is 11.8 Å². The molecule has 116 valence electrons. The van der Waals surface area contributed by atoms with Gasteiger partial charge in [-0.2, -0.15) is 0 Å². The van der Waals surface area contributed by atoms with E-state index in [0.29, 0.717) is 11.1 Å². The van der Waals surface area contributed by atoms with Crippen LogP contribution in [0, 0.1) is 5.82 Å². The first-order valence-corrected chi connectivity index (χ1v) is 7.47. The highest BCUT2D eigenvalue weighted by atomic mass is 19.1. The molecule has 0 amide bonds. The average molecular weight is 317 g/mol. The molecule has 1 aliphatic rings. The number of rotatable bonds is 2. The Hall–Kier alpha value is -3.27. The molecule has 1 heterocycles. The van der Waals surface area contributed by atoms with Gasteiger partial charge in [0.2, 0.25) is 5.90 Å². The van der Waals surface area contributed by atoms with Crippen LogP contribution in [0.25, 0.3) is 16.8 Å². The normalized spacial score (nSPS) is 15.6. The molecule has 0 unspecified atom stereocenters. The zero-order valence-corrected chi connectivity index (χ0v) is 12.6. The molecule has 0 radical (unpaired) electrons. The zero-order chi connectivity index (χ0) is 16.5. The predicted octanol–water partition coefficient (Wildman–Crippen LogP) is 4.32. The second-order valence-corrected chi connectivity index (χ2v) is 5.42. The predicted molar refractivity (Wildman–Crippen MR) is 91.0 cm³/mol. The molecular formula is C20H12FNO2. The molecule has 0 saturated heterocycles. The van der Waals surface area contributed by atoms with Crippen LogP contribution in [0.5, 0.6) is 0 Å². The number of ether oxygens (including phenoxy) is 1. The standard InChI is InChI=1S/C20H12FNO2/c21-17-8-4-3-7-15(17)12-18-20(23)24-19(22-18)16-10-9-13-5-1-2-6-14(13)11-16/h1-12H. The summed E-state index contributed by atoms with van der Waals surface area (Å²) < 4.78 is 19.0. The van der Waals surface area contributed by atoms with Crippen LogP contribution in [0.1, 0.15) is 11.1 Å². The Bertz CT molecular complexity index is 1020. The van der Waals surface area contributed by atoms with Crippen molar-refractivity contribution in [2.75, 3.05) is 0 Å². The molecule has 3 aromatic carbocycles. The number of hydrogen-bond acceptors (Lipinski definition) is 3. The number of hydrogen-bond donors (Lipinski definition) is 0. The molecule has 0 saturated carbocycles. The second-order valence-electron chi connectivity index (χ2n) is 5.42. The van der Waals surface area contributed by atoms with Crippen molar-refractivity contribution in [3.05, 3.63) is 89.4 Å². The lowest BCUT2D eigenvalue weighted by atomic mass is 10.1. The maximum absolute atomic E-state index is 13.7. The molecule has 0 aromatic heterocycles. The summed E-state index contributed by atoms with van der Waals surface area (Å²) in [4.78, 5) is 16.2. The van der Waals surface area contributed by atoms with Gasteiger partial charge in [0.05, 0.1) is 0 Å². The highest BCUT2D eigenvalue weighted by Crippen LogP contribution is 2.22. The highest BCUT2D eigenvalue weighted by molar-refractivity contribution is 6.13. The van der Waals surface area contributed by atoms with Crippen LogP contribution >= 0.6 is 0 Å².